The molecule has 0 radical (unpaired) electrons. The predicted molar refractivity (Wildman–Crippen MR) is 96.3 cm³/mol. The van der Waals surface area contributed by atoms with E-state index in [-0.39, 0.29) is 23.4 Å². The summed E-state index contributed by atoms with van der Waals surface area (Å²) in [7, 11) is -2.16. The van der Waals surface area contributed by atoms with E-state index in [0.29, 0.717) is 17.5 Å². The summed E-state index contributed by atoms with van der Waals surface area (Å²) in [6, 6.07) is 10.8. The molecular formula is C18H18FN3O4S. The minimum absolute atomic E-state index is 0.00542. The molecule has 1 aromatic heterocycles. The Kier molecular flexibility index (Phi) is 5.52. The maximum absolute atomic E-state index is 13.3. The van der Waals surface area contributed by atoms with E-state index in [4.69, 9.17) is 9.26 Å². The third-order valence-electron chi connectivity index (χ3n) is 3.89. The first kappa shape index (κ1) is 19.0. The molecule has 0 aliphatic heterocycles. The third-order valence-corrected chi connectivity index (χ3v) is 5.35. The number of aromatic nitrogens is 2. The fraction of sp³-hybridized carbons (Fsp3) is 0.222. The van der Waals surface area contributed by atoms with Crippen molar-refractivity contribution in [3.05, 3.63) is 59.7 Å². The molecule has 0 saturated heterocycles. The smallest absolute Gasteiger partial charge is 0.240 e. The molecule has 27 heavy (non-hydrogen) atoms. The van der Waals surface area contributed by atoms with E-state index in [2.05, 4.69) is 14.9 Å². The van der Waals surface area contributed by atoms with Crippen LogP contribution in [0.5, 0.6) is 5.75 Å². The molecule has 7 nitrogen and oxygen atoms in total. The van der Waals surface area contributed by atoms with E-state index in [1.54, 1.807) is 31.4 Å². The number of methoxy groups -OCH3 is 1. The summed E-state index contributed by atoms with van der Waals surface area (Å²) in [5.41, 5.74) is 1.02. The molecule has 0 bridgehead atoms. The lowest BCUT2D eigenvalue weighted by molar-refractivity contribution is 0.379. The normalized spacial score (nSPS) is 11.5. The Balaban J connectivity index is 1.62. The van der Waals surface area contributed by atoms with Gasteiger partial charge in [0.1, 0.15) is 11.6 Å². The van der Waals surface area contributed by atoms with Crippen molar-refractivity contribution in [2.75, 3.05) is 13.7 Å². The third kappa shape index (κ3) is 4.50. The van der Waals surface area contributed by atoms with Gasteiger partial charge in [0.25, 0.3) is 0 Å². The number of benzene rings is 2. The zero-order valence-electron chi connectivity index (χ0n) is 14.8. The fourth-order valence-electron chi connectivity index (χ4n) is 2.37. The molecule has 3 aromatic rings. The quantitative estimate of drug-likeness (QED) is 0.666. The van der Waals surface area contributed by atoms with E-state index in [0.717, 1.165) is 11.6 Å². The van der Waals surface area contributed by atoms with Gasteiger partial charge in [-0.1, -0.05) is 5.16 Å². The molecule has 0 aliphatic carbocycles. The van der Waals surface area contributed by atoms with Crippen LogP contribution < -0.4 is 9.46 Å². The fourth-order valence-corrected chi connectivity index (χ4v) is 3.49. The monoisotopic (exact) mass is 391 g/mol. The number of ether oxygens (including phenoxy) is 1. The Labute approximate surface area is 156 Å². The van der Waals surface area contributed by atoms with Crippen LogP contribution in [0.3, 0.4) is 0 Å². The highest BCUT2D eigenvalue weighted by atomic mass is 32.2. The lowest BCUT2D eigenvalue weighted by Crippen LogP contribution is -2.26. The van der Waals surface area contributed by atoms with E-state index in [1.807, 2.05) is 0 Å². The van der Waals surface area contributed by atoms with Crippen LogP contribution in [0.1, 0.15) is 11.5 Å². The van der Waals surface area contributed by atoms with E-state index in [9.17, 15) is 12.8 Å². The molecule has 3 rings (SSSR count). The zero-order valence-corrected chi connectivity index (χ0v) is 15.6. The van der Waals surface area contributed by atoms with Gasteiger partial charge in [-0.3, -0.25) is 0 Å². The van der Waals surface area contributed by atoms with Gasteiger partial charge in [0.15, 0.2) is 0 Å². The van der Waals surface area contributed by atoms with Gasteiger partial charge in [0, 0.05) is 18.5 Å². The van der Waals surface area contributed by atoms with E-state index in [1.165, 1.54) is 19.1 Å². The highest BCUT2D eigenvalue weighted by Crippen LogP contribution is 2.20. The van der Waals surface area contributed by atoms with Crippen molar-refractivity contribution in [2.45, 2.75) is 18.2 Å². The Bertz CT molecular complexity index is 1030. The molecule has 1 heterocycles. The summed E-state index contributed by atoms with van der Waals surface area (Å²) in [6.07, 6.45) is 0.225. The molecule has 0 spiro atoms. The zero-order chi connectivity index (χ0) is 19.4. The van der Waals surface area contributed by atoms with Crippen molar-refractivity contribution in [2.24, 2.45) is 0 Å². The molecule has 0 saturated carbocycles. The van der Waals surface area contributed by atoms with Gasteiger partial charge >= 0.3 is 0 Å². The van der Waals surface area contributed by atoms with Crippen LogP contribution in [-0.4, -0.2) is 32.2 Å². The first-order valence-corrected chi connectivity index (χ1v) is 9.60. The summed E-state index contributed by atoms with van der Waals surface area (Å²) in [5, 5.41) is 3.89. The molecule has 0 atom stereocenters. The molecule has 0 amide bonds. The first-order chi connectivity index (χ1) is 12.9. The van der Waals surface area contributed by atoms with Crippen LogP contribution in [0.15, 0.2) is 51.9 Å². The molecule has 1 N–H and O–H groups in total. The number of halogens is 1. The largest absolute Gasteiger partial charge is 0.497 e. The number of hydrogen-bond acceptors (Lipinski definition) is 6. The van der Waals surface area contributed by atoms with Gasteiger partial charge in [0.2, 0.25) is 21.7 Å². The average Bonchev–Trinajstić information content (AvgIpc) is 3.12. The number of rotatable bonds is 7. The minimum atomic E-state index is -3.74. The Morgan fingerprint density at radius 2 is 1.93 bits per heavy atom. The average molecular weight is 391 g/mol. The number of aryl methyl sites for hydroxylation is 1. The summed E-state index contributed by atoms with van der Waals surface area (Å²) < 4.78 is 50.5. The summed E-state index contributed by atoms with van der Waals surface area (Å²) in [5.74, 6) is 0.974. The van der Waals surface area contributed by atoms with Crippen molar-refractivity contribution in [3.8, 4) is 17.1 Å². The topological polar surface area (TPSA) is 94.3 Å². The molecular weight excluding hydrogens is 373 g/mol. The van der Waals surface area contributed by atoms with Crippen molar-refractivity contribution in [1.82, 2.24) is 14.9 Å². The SMILES string of the molecule is COc1ccc(-c2noc(CCNS(=O)(=O)c3ccc(F)c(C)c3)n2)cc1. The van der Waals surface area contributed by atoms with Crippen molar-refractivity contribution in [3.63, 3.8) is 0 Å². The van der Waals surface area contributed by atoms with Crippen LogP contribution in [0.4, 0.5) is 4.39 Å². The van der Waals surface area contributed by atoms with Gasteiger partial charge in [-0.25, -0.2) is 17.5 Å². The highest BCUT2D eigenvalue weighted by molar-refractivity contribution is 7.89. The van der Waals surface area contributed by atoms with Crippen molar-refractivity contribution < 1.29 is 22.1 Å². The molecule has 0 unspecified atom stereocenters. The second-order valence-electron chi connectivity index (χ2n) is 5.80. The standard InChI is InChI=1S/C18H18FN3O4S/c1-12-11-15(7-8-16(12)19)27(23,24)20-10-9-17-21-18(22-26-17)13-3-5-14(25-2)6-4-13/h3-8,11,20H,9-10H2,1-2H3. The van der Waals surface area contributed by atoms with Gasteiger partial charge in [0.05, 0.1) is 12.0 Å². The van der Waals surface area contributed by atoms with E-state index >= 15 is 0 Å². The molecule has 9 heteroatoms. The lowest BCUT2D eigenvalue weighted by atomic mass is 10.2. The number of hydrogen-bond donors (Lipinski definition) is 1. The maximum Gasteiger partial charge on any atom is 0.240 e. The first-order valence-electron chi connectivity index (χ1n) is 8.12. The molecule has 0 aliphatic rings. The van der Waals surface area contributed by atoms with Crippen LogP contribution in [0.2, 0.25) is 0 Å². The Morgan fingerprint density at radius 1 is 1.19 bits per heavy atom. The number of sulfonamides is 1. The summed E-state index contributed by atoms with van der Waals surface area (Å²) in [4.78, 5) is 4.26. The number of nitrogens with zero attached hydrogens (tertiary/aromatic N) is 2. The van der Waals surface area contributed by atoms with Gasteiger partial charge in [-0.05, 0) is 55.0 Å². The minimum Gasteiger partial charge on any atom is -0.497 e. The lowest BCUT2D eigenvalue weighted by Gasteiger charge is -2.06. The van der Waals surface area contributed by atoms with E-state index < -0.39 is 15.8 Å². The second-order valence-corrected chi connectivity index (χ2v) is 7.57. The predicted octanol–water partition coefficient (Wildman–Crippen LogP) is 2.71. The molecule has 2 aromatic carbocycles. The van der Waals surface area contributed by atoms with Crippen molar-refractivity contribution in [1.29, 1.82) is 0 Å². The van der Waals surface area contributed by atoms with Gasteiger partial charge in [-0.2, -0.15) is 4.98 Å². The van der Waals surface area contributed by atoms with Crippen LogP contribution in [-0.2, 0) is 16.4 Å². The van der Waals surface area contributed by atoms with Crippen LogP contribution in [0, 0.1) is 12.7 Å². The molecule has 142 valence electrons. The highest BCUT2D eigenvalue weighted by Gasteiger charge is 2.16. The molecule has 0 fully saturated rings. The Morgan fingerprint density at radius 3 is 2.59 bits per heavy atom. The summed E-state index contributed by atoms with van der Waals surface area (Å²) in [6.45, 7) is 1.58. The van der Waals surface area contributed by atoms with Crippen molar-refractivity contribution >= 4 is 10.0 Å². The summed E-state index contributed by atoms with van der Waals surface area (Å²) >= 11 is 0. The van der Waals surface area contributed by atoms with Gasteiger partial charge < -0.3 is 9.26 Å². The van der Waals surface area contributed by atoms with Gasteiger partial charge in [-0.15, -0.1) is 0 Å². The maximum atomic E-state index is 13.3. The van der Waals surface area contributed by atoms with Crippen LogP contribution in [0.25, 0.3) is 11.4 Å². The second kappa shape index (κ2) is 7.85. The Hall–Kier alpha value is -2.78. The van der Waals surface area contributed by atoms with Crippen LogP contribution >= 0.6 is 0 Å². The number of nitrogens with one attached hydrogen (secondary N) is 1.